The Bertz CT molecular complexity index is 757. The third kappa shape index (κ3) is 2.64. The van der Waals surface area contributed by atoms with Crippen LogP contribution in [0.15, 0.2) is 36.7 Å². The maximum atomic E-state index is 6.42. The molecule has 0 amide bonds. The number of nitrogens with two attached hydrogens (primary N) is 1. The van der Waals surface area contributed by atoms with Gasteiger partial charge in [-0.15, -0.1) is 0 Å². The van der Waals surface area contributed by atoms with Crippen LogP contribution in [0, 0.1) is 6.92 Å². The SMILES string of the molecule is CCn1nc(C)cc1CC(N)c1cccc2nccnc12. The van der Waals surface area contributed by atoms with Crippen LogP contribution >= 0.6 is 0 Å². The van der Waals surface area contributed by atoms with E-state index in [2.05, 4.69) is 28.1 Å². The lowest BCUT2D eigenvalue weighted by Crippen LogP contribution is -2.16. The van der Waals surface area contributed by atoms with Crippen LogP contribution in [0.4, 0.5) is 0 Å². The van der Waals surface area contributed by atoms with Crippen LogP contribution in [0.2, 0.25) is 0 Å². The smallest absolute Gasteiger partial charge is 0.0934 e. The van der Waals surface area contributed by atoms with E-state index in [0.29, 0.717) is 0 Å². The van der Waals surface area contributed by atoms with Gasteiger partial charge in [-0.2, -0.15) is 5.10 Å². The third-order valence-corrected chi connectivity index (χ3v) is 3.64. The molecule has 2 heterocycles. The average Bonchev–Trinajstić information content (AvgIpc) is 2.86. The van der Waals surface area contributed by atoms with Gasteiger partial charge >= 0.3 is 0 Å². The van der Waals surface area contributed by atoms with Crippen molar-refractivity contribution in [2.45, 2.75) is 32.9 Å². The molecule has 3 aromatic rings. The molecule has 2 aromatic heterocycles. The second-order valence-corrected chi connectivity index (χ2v) is 5.17. The fourth-order valence-corrected chi connectivity index (χ4v) is 2.69. The summed E-state index contributed by atoms with van der Waals surface area (Å²) in [5.41, 5.74) is 11.4. The number of rotatable bonds is 4. The van der Waals surface area contributed by atoms with E-state index in [0.717, 1.165) is 41.0 Å². The van der Waals surface area contributed by atoms with E-state index in [1.165, 1.54) is 0 Å². The molecule has 3 rings (SSSR count). The molecule has 0 aliphatic heterocycles. The van der Waals surface area contributed by atoms with E-state index in [-0.39, 0.29) is 6.04 Å². The van der Waals surface area contributed by atoms with Crippen LogP contribution in [0.5, 0.6) is 0 Å². The van der Waals surface area contributed by atoms with Crippen molar-refractivity contribution < 1.29 is 0 Å². The molecule has 5 nitrogen and oxygen atoms in total. The number of aromatic nitrogens is 4. The van der Waals surface area contributed by atoms with Crippen LogP contribution in [0.1, 0.15) is 29.9 Å². The van der Waals surface area contributed by atoms with Crippen LogP contribution < -0.4 is 5.73 Å². The lowest BCUT2D eigenvalue weighted by molar-refractivity contribution is 0.588. The normalized spacial score (nSPS) is 12.7. The van der Waals surface area contributed by atoms with Crippen molar-refractivity contribution in [1.29, 1.82) is 0 Å². The maximum absolute atomic E-state index is 6.42. The molecule has 5 heteroatoms. The highest BCUT2D eigenvalue weighted by Crippen LogP contribution is 2.22. The second kappa shape index (κ2) is 5.61. The van der Waals surface area contributed by atoms with Gasteiger partial charge in [-0.05, 0) is 31.5 Å². The summed E-state index contributed by atoms with van der Waals surface area (Å²) in [7, 11) is 0. The Hall–Kier alpha value is -2.27. The summed E-state index contributed by atoms with van der Waals surface area (Å²) in [4.78, 5) is 8.76. The van der Waals surface area contributed by atoms with Gasteiger partial charge in [0.2, 0.25) is 0 Å². The molecule has 108 valence electrons. The van der Waals surface area contributed by atoms with Gasteiger partial charge in [0.1, 0.15) is 0 Å². The van der Waals surface area contributed by atoms with Crippen LogP contribution in [-0.2, 0) is 13.0 Å². The third-order valence-electron chi connectivity index (χ3n) is 3.64. The summed E-state index contributed by atoms with van der Waals surface area (Å²) in [6.45, 7) is 4.95. The lowest BCUT2D eigenvalue weighted by atomic mass is 10.0. The number of fused-ring (bicyclic) bond motifs is 1. The molecule has 1 aromatic carbocycles. The quantitative estimate of drug-likeness (QED) is 0.797. The van der Waals surface area contributed by atoms with Gasteiger partial charge in [0, 0.05) is 37.1 Å². The predicted molar refractivity (Wildman–Crippen MR) is 82.8 cm³/mol. The van der Waals surface area contributed by atoms with Crippen molar-refractivity contribution in [1.82, 2.24) is 19.7 Å². The van der Waals surface area contributed by atoms with E-state index in [1.807, 2.05) is 29.8 Å². The van der Waals surface area contributed by atoms with E-state index >= 15 is 0 Å². The van der Waals surface area contributed by atoms with Crippen molar-refractivity contribution >= 4 is 11.0 Å². The Morgan fingerprint density at radius 2 is 2.05 bits per heavy atom. The van der Waals surface area contributed by atoms with Gasteiger partial charge < -0.3 is 5.73 Å². The van der Waals surface area contributed by atoms with Gasteiger partial charge in [0.15, 0.2) is 0 Å². The average molecular weight is 281 g/mol. The Kier molecular flexibility index (Phi) is 3.66. The minimum Gasteiger partial charge on any atom is -0.324 e. The molecule has 2 N–H and O–H groups in total. The van der Waals surface area contributed by atoms with Crippen molar-refractivity contribution in [3.05, 3.63) is 53.6 Å². The van der Waals surface area contributed by atoms with Gasteiger partial charge in [0.25, 0.3) is 0 Å². The highest BCUT2D eigenvalue weighted by Gasteiger charge is 2.14. The van der Waals surface area contributed by atoms with E-state index in [9.17, 15) is 0 Å². The van der Waals surface area contributed by atoms with Crippen molar-refractivity contribution in [3.63, 3.8) is 0 Å². The Labute approximate surface area is 123 Å². The standard InChI is InChI=1S/C16H19N5/c1-3-21-12(9-11(2)20-21)10-14(17)13-5-4-6-15-16(13)19-8-7-18-15/h4-9,14H,3,10,17H2,1-2H3. The molecule has 21 heavy (non-hydrogen) atoms. The lowest BCUT2D eigenvalue weighted by Gasteiger charge is -2.14. The summed E-state index contributed by atoms with van der Waals surface area (Å²) in [5.74, 6) is 0. The fourth-order valence-electron chi connectivity index (χ4n) is 2.69. The highest BCUT2D eigenvalue weighted by atomic mass is 15.3. The summed E-state index contributed by atoms with van der Waals surface area (Å²) in [6, 6.07) is 7.95. The van der Waals surface area contributed by atoms with Gasteiger partial charge in [-0.1, -0.05) is 12.1 Å². The Morgan fingerprint density at radius 3 is 2.86 bits per heavy atom. The minimum atomic E-state index is -0.119. The first-order valence-electron chi connectivity index (χ1n) is 7.17. The number of para-hydroxylation sites is 1. The minimum absolute atomic E-state index is 0.119. The molecule has 1 unspecified atom stereocenters. The first kappa shape index (κ1) is 13.7. The van der Waals surface area contributed by atoms with Crippen molar-refractivity contribution in [3.8, 4) is 0 Å². The van der Waals surface area contributed by atoms with Crippen LogP contribution in [0.25, 0.3) is 11.0 Å². The number of hydrogen-bond donors (Lipinski definition) is 1. The van der Waals surface area contributed by atoms with Crippen molar-refractivity contribution in [2.24, 2.45) is 5.73 Å². The Morgan fingerprint density at radius 1 is 1.24 bits per heavy atom. The van der Waals surface area contributed by atoms with E-state index < -0.39 is 0 Å². The molecule has 0 saturated heterocycles. The summed E-state index contributed by atoms with van der Waals surface area (Å²) in [5, 5.41) is 4.47. The molecule has 0 saturated carbocycles. The van der Waals surface area contributed by atoms with Gasteiger partial charge in [-0.3, -0.25) is 14.6 Å². The summed E-state index contributed by atoms with van der Waals surface area (Å²) in [6.07, 6.45) is 4.15. The number of aryl methyl sites for hydroxylation is 2. The molecule has 1 atom stereocenters. The predicted octanol–water partition coefficient (Wildman–Crippen LogP) is 2.40. The maximum Gasteiger partial charge on any atom is 0.0934 e. The Balaban J connectivity index is 1.95. The van der Waals surface area contributed by atoms with Crippen LogP contribution in [-0.4, -0.2) is 19.7 Å². The molecule has 0 spiro atoms. The molecular weight excluding hydrogens is 262 g/mol. The highest BCUT2D eigenvalue weighted by molar-refractivity contribution is 5.78. The summed E-state index contributed by atoms with van der Waals surface area (Å²) < 4.78 is 2.01. The van der Waals surface area contributed by atoms with Gasteiger partial charge in [-0.25, -0.2) is 0 Å². The zero-order valence-corrected chi connectivity index (χ0v) is 12.3. The molecule has 0 aliphatic rings. The first-order valence-corrected chi connectivity index (χ1v) is 7.17. The van der Waals surface area contributed by atoms with Crippen LogP contribution in [0.3, 0.4) is 0 Å². The van der Waals surface area contributed by atoms with E-state index in [1.54, 1.807) is 12.4 Å². The zero-order chi connectivity index (χ0) is 14.8. The fraction of sp³-hybridized carbons (Fsp3) is 0.312. The zero-order valence-electron chi connectivity index (χ0n) is 12.3. The van der Waals surface area contributed by atoms with Gasteiger partial charge in [0.05, 0.1) is 16.7 Å². The van der Waals surface area contributed by atoms with Crippen molar-refractivity contribution in [2.75, 3.05) is 0 Å². The summed E-state index contributed by atoms with van der Waals surface area (Å²) >= 11 is 0. The topological polar surface area (TPSA) is 69.6 Å². The largest absolute Gasteiger partial charge is 0.324 e. The number of nitrogens with zero attached hydrogens (tertiary/aromatic N) is 4. The molecule has 0 aliphatic carbocycles. The second-order valence-electron chi connectivity index (χ2n) is 5.17. The molecule has 0 fully saturated rings. The number of hydrogen-bond acceptors (Lipinski definition) is 4. The molecular formula is C16H19N5. The number of benzene rings is 1. The monoisotopic (exact) mass is 281 g/mol. The van der Waals surface area contributed by atoms with E-state index in [4.69, 9.17) is 5.73 Å². The first-order chi connectivity index (χ1) is 10.2. The molecule has 0 bridgehead atoms. The molecule has 0 radical (unpaired) electrons.